The second-order valence-corrected chi connectivity index (χ2v) is 7.33. The second kappa shape index (κ2) is 6.52. The SMILES string of the molecule is O=C1OC2(CCN(C(=O)CSc3ccncc3)CC2)c2ccccc21. The Hall–Kier alpha value is -2.34. The van der Waals surface area contributed by atoms with Crippen LogP contribution in [-0.4, -0.2) is 40.6 Å². The summed E-state index contributed by atoms with van der Waals surface area (Å²) in [4.78, 5) is 31.5. The van der Waals surface area contributed by atoms with E-state index >= 15 is 0 Å². The molecule has 0 unspecified atom stereocenters. The van der Waals surface area contributed by atoms with Gasteiger partial charge in [-0.05, 0) is 18.2 Å². The third kappa shape index (κ3) is 3.02. The Morgan fingerprint density at radius 2 is 1.88 bits per heavy atom. The van der Waals surface area contributed by atoms with Gasteiger partial charge in [0.2, 0.25) is 5.91 Å². The highest BCUT2D eigenvalue weighted by atomic mass is 32.2. The maximum Gasteiger partial charge on any atom is 0.339 e. The van der Waals surface area contributed by atoms with E-state index in [0.29, 0.717) is 37.2 Å². The van der Waals surface area contributed by atoms with Crippen LogP contribution in [0.15, 0.2) is 53.7 Å². The lowest BCUT2D eigenvalue weighted by Crippen LogP contribution is -2.46. The normalized spacial score (nSPS) is 18.1. The number of rotatable bonds is 3. The van der Waals surface area contributed by atoms with Gasteiger partial charge in [0.1, 0.15) is 5.60 Å². The number of piperidine rings is 1. The number of amides is 1. The number of ether oxygens (including phenoxy) is 1. The number of carbonyl (C=O) groups excluding carboxylic acids is 2. The van der Waals surface area contributed by atoms with E-state index in [9.17, 15) is 9.59 Å². The Kier molecular flexibility index (Phi) is 4.21. The molecule has 0 N–H and O–H groups in total. The van der Waals surface area contributed by atoms with E-state index < -0.39 is 5.60 Å². The summed E-state index contributed by atoms with van der Waals surface area (Å²) in [6.07, 6.45) is 4.76. The highest BCUT2D eigenvalue weighted by Gasteiger charge is 2.47. The number of esters is 1. The minimum Gasteiger partial charge on any atom is -0.450 e. The van der Waals surface area contributed by atoms with Crippen molar-refractivity contribution in [3.63, 3.8) is 0 Å². The van der Waals surface area contributed by atoms with Gasteiger partial charge in [-0.15, -0.1) is 11.8 Å². The van der Waals surface area contributed by atoms with Crippen molar-refractivity contribution in [3.8, 4) is 0 Å². The Morgan fingerprint density at radius 1 is 1.16 bits per heavy atom. The number of aromatic nitrogens is 1. The number of likely N-dealkylation sites (tertiary alicyclic amines) is 1. The molecule has 128 valence electrons. The summed E-state index contributed by atoms with van der Waals surface area (Å²) in [5.41, 5.74) is 1.08. The molecule has 1 aromatic heterocycles. The smallest absolute Gasteiger partial charge is 0.339 e. The van der Waals surface area contributed by atoms with E-state index in [1.54, 1.807) is 12.4 Å². The number of nitrogens with zero attached hydrogens (tertiary/aromatic N) is 2. The first-order valence-electron chi connectivity index (χ1n) is 8.31. The van der Waals surface area contributed by atoms with Crippen molar-refractivity contribution in [2.24, 2.45) is 0 Å². The molecule has 6 heteroatoms. The molecule has 0 atom stereocenters. The van der Waals surface area contributed by atoms with Gasteiger partial charge in [0.25, 0.3) is 0 Å². The summed E-state index contributed by atoms with van der Waals surface area (Å²) < 4.78 is 5.73. The van der Waals surface area contributed by atoms with E-state index in [1.165, 1.54) is 11.8 Å². The van der Waals surface area contributed by atoms with Gasteiger partial charge in [-0.25, -0.2) is 4.79 Å². The van der Waals surface area contributed by atoms with Crippen molar-refractivity contribution in [2.75, 3.05) is 18.8 Å². The molecule has 1 spiro atoms. The zero-order valence-electron chi connectivity index (χ0n) is 13.7. The predicted octanol–water partition coefficient (Wildman–Crippen LogP) is 2.86. The van der Waals surface area contributed by atoms with Crippen molar-refractivity contribution in [1.29, 1.82) is 0 Å². The van der Waals surface area contributed by atoms with Crippen molar-refractivity contribution >= 4 is 23.6 Å². The fourth-order valence-corrected chi connectivity index (χ4v) is 4.29. The summed E-state index contributed by atoms with van der Waals surface area (Å²) in [7, 11) is 0. The van der Waals surface area contributed by atoms with E-state index in [4.69, 9.17) is 4.74 Å². The molecule has 4 rings (SSSR count). The fraction of sp³-hybridized carbons (Fsp3) is 0.316. The molecule has 5 nitrogen and oxygen atoms in total. The third-order valence-corrected chi connectivity index (χ3v) is 5.86. The van der Waals surface area contributed by atoms with Crippen LogP contribution >= 0.6 is 11.8 Å². The molecule has 1 amide bonds. The molecule has 2 aliphatic heterocycles. The lowest BCUT2D eigenvalue weighted by Gasteiger charge is -2.38. The van der Waals surface area contributed by atoms with Crippen molar-refractivity contribution in [1.82, 2.24) is 9.88 Å². The van der Waals surface area contributed by atoms with Crippen LogP contribution in [0.3, 0.4) is 0 Å². The number of pyridine rings is 1. The average Bonchev–Trinajstić information content (AvgIpc) is 2.93. The number of hydrogen-bond acceptors (Lipinski definition) is 5. The monoisotopic (exact) mass is 354 g/mol. The Morgan fingerprint density at radius 3 is 2.64 bits per heavy atom. The van der Waals surface area contributed by atoms with Gasteiger partial charge in [0.05, 0.1) is 11.3 Å². The standard InChI is InChI=1S/C19H18N2O3S/c22-17(13-25-14-5-9-20-10-6-14)21-11-7-19(8-12-21)16-4-2-1-3-15(16)18(23)24-19/h1-6,9-10H,7-8,11-13H2. The molecule has 25 heavy (non-hydrogen) atoms. The summed E-state index contributed by atoms with van der Waals surface area (Å²) >= 11 is 1.52. The number of thioether (sulfide) groups is 1. The van der Waals surface area contributed by atoms with Gasteiger partial charge in [0, 0.05) is 48.8 Å². The van der Waals surface area contributed by atoms with E-state index in [2.05, 4.69) is 4.98 Å². The number of fused-ring (bicyclic) bond motifs is 2. The number of carbonyl (C=O) groups is 2. The van der Waals surface area contributed by atoms with Crippen LogP contribution in [0, 0.1) is 0 Å². The van der Waals surface area contributed by atoms with Crippen LogP contribution in [0.2, 0.25) is 0 Å². The molecule has 0 aliphatic carbocycles. The fourth-order valence-electron chi connectivity index (χ4n) is 3.51. The highest BCUT2D eigenvalue weighted by molar-refractivity contribution is 8.00. The Bertz CT molecular complexity index is 801. The van der Waals surface area contributed by atoms with Gasteiger partial charge < -0.3 is 9.64 Å². The largest absolute Gasteiger partial charge is 0.450 e. The summed E-state index contributed by atoms with van der Waals surface area (Å²) in [6.45, 7) is 1.22. The lowest BCUT2D eigenvalue weighted by atomic mass is 9.84. The van der Waals surface area contributed by atoms with Gasteiger partial charge in [-0.1, -0.05) is 18.2 Å². The van der Waals surface area contributed by atoms with E-state index in [-0.39, 0.29) is 11.9 Å². The second-order valence-electron chi connectivity index (χ2n) is 6.28. The molecule has 0 radical (unpaired) electrons. The predicted molar refractivity (Wildman–Crippen MR) is 94.3 cm³/mol. The summed E-state index contributed by atoms with van der Waals surface area (Å²) in [6, 6.07) is 11.4. The maximum absolute atomic E-state index is 12.5. The zero-order chi connectivity index (χ0) is 17.3. The molecule has 2 aliphatic rings. The van der Waals surface area contributed by atoms with Crippen molar-refractivity contribution in [3.05, 3.63) is 59.9 Å². The first-order chi connectivity index (χ1) is 12.2. The van der Waals surface area contributed by atoms with Crippen LogP contribution < -0.4 is 0 Å². The first kappa shape index (κ1) is 16.1. The third-order valence-electron chi connectivity index (χ3n) is 4.86. The Labute approximate surface area is 150 Å². The van der Waals surface area contributed by atoms with Crippen LogP contribution in [0.5, 0.6) is 0 Å². The zero-order valence-corrected chi connectivity index (χ0v) is 14.5. The lowest BCUT2D eigenvalue weighted by molar-refractivity contribution is -0.132. The summed E-state index contributed by atoms with van der Waals surface area (Å²) in [5, 5.41) is 0. The van der Waals surface area contributed by atoms with E-state index in [1.807, 2.05) is 41.3 Å². The highest BCUT2D eigenvalue weighted by Crippen LogP contribution is 2.44. The van der Waals surface area contributed by atoms with Crippen molar-refractivity contribution in [2.45, 2.75) is 23.3 Å². The molecular formula is C19H18N2O3S. The minimum atomic E-state index is -0.553. The molecule has 3 heterocycles. The molecule has 0 saturated carbocycles. The minimum absolute atomic E-state index is 0.120. The maximum atomic E-state index is 12.5. The van der Waals surface area contributed by atoms with Crippen LogP contribution in [-0.2, 0) is 15.1 Å². The molecule has 1 saturated heterocycles. The van der Waals surface area contributed by atoms with Crippen LogP contribution in [0.25, 0.3) is 0 Å². The summed E-state index contributed by atoms with van der Waals surface area (Å²) in [5.74, 6) is 0.283. The van der Waals surface area contributed by atoms with Gasteiger partial charge in [-0.3, -0.25) is 9.78 Å². The van der Waals surface area contributed by atoms with E-state index in [0.717, 1.165) is 10.5 Å². The molecule has 0 bridgehead atoms. The number of hydrogen-bond donors (Lipinski definition) is 0. The van der Waals surface area contributed by atoms with Gasteiger partial charge in [-0.2, -0.15) is 0 Å². The quantitative estimate of drug-likeness (QED) is 0.627. The van der Waals surface area contributed by atoms with Crippen LogP contribution in [0.4, 0.5) is 0 Å². The Balaban J connectivity index is 1.39. The number of benzene rings is 1. The molecule has 1 aromatic carbocycles. The molecule has 1 fully saturated rings. The average molecular weight is 354 g/mol. The first-order valence-corrected chi connectivity index (χ1v) is 9.30. The van der Waals surface area contributed by atoms with Gasteiger partial charge in [0.15, 0.2) is 0 Å². The van der Waals surface area contributed by atoms with Gasteiger partial charge >= 0.3 is 5.97 Å². The van der Waals surface area contributed by atoms with Crippen LogP contribution in [0.1, 0.15) is 28.8 Å². The topological polar surface area (TPSA) is 59.5 Å². The molecular weight excluding hydrogens is 336 g/mol. The van der Waals surface area contributed by atoms with Crippen molar-refractivity contribution < 1.29 is 14.3 Å². The molecule has 2 aromatic rings.